The van der Waals surface area contributed by atoms with E-state index in [9.17, 15) is 0 Å². The molecule has 2 aliphatic rings. The molecule has 2 saturated heterocycles. The van der Waals surface area contributed by atoms with Gasteiger partial charge in [0.05, 0.1) is 19.3 Å². The smallest absolute Gasteiger partial charge is 0.135 e. The SMILES string of the molecule is Cc1nc(C)c(C)c(N2C[C@@H]3COC[C@H](C2)N(C)C3)n1. The van der Waals surface area contributed by atoms with Gasteiger partial charge in [-0.3, -0.25) is 4.90 Å². The molecular formula is C15H24N4O. The molecule has 20 heavy (non-hydrogen) atoms. The standard InChI is InChI=1S/C15H24N4O/c1-10-11(2)16-12(3)17-15(10)19-6-13-5-18(4)14(7-19)9-20-8-13/h13-14H,5-9H2,1-4H3/t13-,14+/m1/s1. The first-order valence-electron chi connectivity index (χ1n) is 7.39. The van der Waals surface area contributed by atoms with Crippen LogP contribution in [0, 0.1) is 26.7 Å². The second kappa shape index (κ2) is 5.30. The monoisotopic (exact) mass is 276 g/mol. The first-order valence-corrected chi connectivity index (χ1v) is 7.39. The van der Waals surface area contributed by atoms with Crippen LogP contribution in [0.15, 0.2) is 0 Å². The molecule has 0 N–H and O–H groups in total. The summed E-state index contributed by atoms with van der Waals surface area (Å²) in [5, 5.41) is 0. The molecule has 0 unspecified atom stereocenters. The van der Waals surface area contributed by atoms with Crippen molar-refractivity contribution < 1.29 is 4.74 Å². The van der Waals surface area contributed by atoms with Gasteiger partial charge < -0.3 is 9.64 Å². The Morgan fingerprint density at radius 1 is 1.05 bits per heavy atom. The number of fused-ring (bicyclic) bond motifs is 3. The number of aryl methyl sites for hydroxylation is 2. The third-order valence-corrected chi connectivity index (χ3v) is 4.52. The molecule has 0 radical (unpaired) electrons. The minimum Gasteiger partial charge on any atom is -0.379 e. The summed E-state index contributed by atoms with van der Waals surface area (Å²) in [6.07, 6.45) is 0. The molecule has 2 aliphatic heterocycles. The number of likely N-dealkylation sites (N-methyl/N-ethyl adjacent to an activating group) is 1. The van der Waals surface area contributed by atoms with Crippen LogP contribution >= 0.6 is 0 Å². The lowest BCUT2D eigenvalue weighted by Crippen LogP contribution is -2.43. The van der Waals surface area contributed by atoms with E-state index >= 15 is 0 Å². The van der Waals surface area contributed by atoms with Gasteiger partial charge in [0, 0.05) is 36.8 Å². The molecule has 5 nitrogen and oxygen atoms in total. The molecule has 0 aromatic carbocycles. The zero-order valence-electron chi connectivity index (χ0n) is 12.9. The molecule has 0 spiro atoms. The quantitative estimate of drug-likeness (QED) is 0.770. The van der Waals surface area contributed by atoms with Gasteiger partial charge in [-0.25, -0.2) is 9.97 Å². The summed E-state index contributed by atoms with van der Waals surface area (Å²) in [7, 11) is 2.21. The number of ether oxygens (including phenoxy) is 1. The third kappa shape index (κ3) is 2.52. The van der Waals surface area contributed by atoms with Gasteiger partial charge >= 0.3 is 0 Å². The van der Waals surface area contributed by atoms with Crippen LogP contribution in [0.25, 0.3) is 0 Å². The Bertz CT molecular complexity index is 505. The largest absolute Gasteiger partial charge is 0.379 e. The maximum Gasteiger partial charge on any atom is 0.135 e. The van der Waals surface area contributed by atoms with Gasteiger partial charge in [-0.15, -0.1) is 0 Å². The Labute approximate surface area is 121 Å². The number of anilines is 1. The first kappa shape index (κ1) is 13.8. The highest BCUT2D eigenvalue weighted by molar-refractivity contribution is 5.48. The summed E-state index contributed by atoms with van der Waals surface area (Å²) >= 11 is 0. The average Bonchev–Trinajstić information content (AvgIpc) is 2.62. The summed E-state index contributed by atoms with van der Waals surface area (Å²) in [6.45, 7) is 11.0. The summed E-state index contributed by atoms with van der Waals surface area (Å²) in [4.78, 5) is 14.1. The fourth-order valence-corrected chi connectivity index (χ4v) is 3.28. The Kier molecular flexibility index (Phi) is 3.65. The van der Waals surface area contributed by atoms with E-state index in [4.69, 9.17) is 9.72 Å². The van der Waals surface area contributed by atoms with Gasteiger partial charge in [-0.05, 0) is 27.8 Å². The van der Waals surface area contributed by atoms with Gasteiger partial charge in [0.15, 0.2) is 0 Å². The van der Waals surface area contributed by atoms with Crippen LogP contribution in [0.3, 0.4) is 0 Å². The van der Waals surface area contributed by atoms with Crippen LogP contribution in [0.4, 0.5) is 5.82 Å². The summed E-state index contributed by atoms with van der Waals surface area (Å²) in [6, 6.07) is 0.456. The molecule has 110 valence electrons. The van der Waals surface area contributed by atoms with Crippen molar-refractivity contribution in [3.63, 3.8) is 0 Å². The molecule has 0 saturated carbocycles. The lowest BCUT2D eigenvalue weighted by atomic mass is 10.1. The lowest BCUT2D eigenvalue weighted by Gasteiger charge is -2.31. The van der Waals surface area contributed by atoms with Crippen molar-refractivity contribution in [2.45, 2.75) is 26.8 Å². The normalized spacial score (nSPS) is 27.5. The minimum absolute atomic E-state index is 0.456. The second-order valence-corrected chi connectivity index (χ2v) is 6.21. The van der Waals surface area contributed by atoms with E-state index < -0.39 is 0 Å². The van der Waals surface area contributed by atoms with Crippen molar-refractivity contribution >= 4 is 5.82 Å². The molecule has 5 heteroatoms. The van der Waals surface area contributed by atoms with E-state index in [-0.39, 0.29) is 0 Å². The van der Waals surface area contributed by atoms with E-state index in [2.05, 4.69) is 35.7 Å². The lowest BCUT2D eigenvalue weighted by molar-refractivity contribution is 0.0929. The zero-order valence-corrected chi connectivity index (χ0v) is 12.9. The fourth-order valence-electron chi connectivity index (χ4n) is 3.28. The fraction of sp³-hybridized carbons (Fsp3) is 0.733. The van der Waals surface area contributed by atoms with Crippen molar-refractivity contribution in [3.8, 4) is 0 Å². The van der Waals surface area contributed by atoms with Crippen LogP contribution in [-0.2, 0) is 4.74 Å². The highest BCUT2D eigenvalue weighted by Gasteiger charge is 2.32. The van der Waals surface area contributed by atoms with Crippen LogP contribution < -0.4 is 4.90 Å². The number of nitrogens with zero attached hydrogens (tertiary/aromatic N) is 4. The van der Waals surface area contributed by atoms with Crippen LogP contribution in [0.2, 0.25) is 0 Å². The highest BCUT2D eigenvalue weighted by Crippen LogP contribution is 2.25. The Morgan fingerprint density at radius 2 is 1.85 bits per heavy atom. The predicted octanol–water partition coefficient (Wildman–Crippen LogP) is 1.17. The summed E-state index contributed by atoms with van der Waals surface area (Å²) in [5.41, 5.74) is 2.30. The van der Waals surface area contributed by atoms with Crippen molar-refractivity contribution in [2.24, 2.45) is 5.92 Å². The Hall–Kier alpha value is -1.20. The molecule has 3 heterocycles. The molecule has 0 amide bonds. The van der Waals surface area contributed by atoms with Gasteiger partial charge in [-0.2, -0.15) is 0 Å². The number of hydrogen-bond acceptors (Lipinski definition) is 5. The van der Waals surface area contributed by atoms with Crippen LogP contribution in [-0.4, -0.2) is 60.8 Å². The van der Waals surface area contributed by atoms with E-state index in [0.717, 1.165) is 50.2 Å². The Balaban J connectivity index is 1.94. The van der Waals surface area contributed by atoms with Crippen LogP contribution in [0.5, 0.6) is 0 Å². The van der Waals surface area contributed by atoms with Gasteiger partial charge in [-0.1, -0.05) is 0 Å². The Morgan fingerprint density at radius 3 is 2.65 bits per heavy atom. The van der Waals surface area contributed by atoms with Gasteiger partial charge in [0.1, 0.15) is 11.6 Å². The van der Waals surface area contributed by atoms with Crippen molar-refractivity contribution in [3.05, 3.63) is 17.1 Å². The summed E-state index contributed by atoms with van der Waals surface area (Å²) < 4.78 is 5.79. The molecule has 2 fully saturated rings. The topological polar surface area (TPSA) is 41.5 Å². The summed E-state index contributed by atoms with van der Waals surface area (Å²) in [5.74, 6) is 2.53. The maximum atomic E-state index is 5.79. The molecule has 2 atom stereocenters. The highest BCUT2D eigenvalue weighted by atomic mass is 16.5. The number of hydrogen-bond donors (Lipinski definition) is 0. The van der Waals surface area contributed by atoms with Crippen LogP contribution in [0.1, 0.15) is 17.1 Å². The molecular weight excluding hydrogens is 252 g/mol. The van der Waals surface area contributed by atoms with Crippen molar-refractivity contribution in [1.29, 1.82) is 0 Å². The van der Waals surface area contributed by atoms with Gasteiger partial charge in [0.25, 0.3) is 0 Å². The van der Waals surface area contributed by atoms with Crippen molar-refractivity contribution in [1.82, 2.24) is 14.9 Å². The molecule has 1 aromatic rings. The molecule has 0 aliphatic carbocycles. The predicted molar refractivity (Wildman–Crippen MR) is 79.2 cm³/mol. The van der Waals surface area contributed by atoms with Crippen molar-refractivity contribution in [2.75, 3.05) is 44.8 Å². The van der Waals surface area contributed by atoms with E-state index in [1.807, 2.05) is 6.92 Å². The maximum absolute atomic E-state index is 5.79. The third-order valence-electron chi connectivity index (χ3n) is 4.52. The van der Waals surface area contributed by atoms with E-state index in [1.54, 1.807) is 0 Å². The molecule has 3 rings (SSSR count). The average molecular weight is 276 g/mol. The number of rotatable bonds is 1. The molecule has 1 aromatic heterocycles. The van der Waals surface area contributed by atoms with E-state index in [0.29, 0.717) is 12.0 Å². The first-order chi connectivity index (χ1) is 9.54. The van der Waals surface area contributed by atoms with E-state index in [1.165, 1.54) is 5.56 Å². The second-order valence-electron chi connectivity index (χ2n) is 6.21. The van der Waals surface area contributed by atoms with Gasteiger partial charge in [0.2, 0.25) is 0 Å². The number of aromatic nitrogens is 2. The minimum atomic E-state index is 0.456. The molecule has 2 bridgehead atoms. The zero-order chi connectivity index (χ0) is 14.3.